The highest BCUT2D eigenvalue weighted by Gasteiger charge is 2.05. The van der Waals surface area contributed by atoms with Crippen molar-refractivity contribution in [2.24, 2.45) is 5.92 Å². The summed E-state index contributed by atoms with van der Waals surface area (Å²) < 4.78 is 5.63. The summed E-state index contributed by atoms with van der Waals surface area (Å²) in [6, 6.07) is 9.91. The molecule has 0 saturated heterocycles. The summed E-state index contributed by atoms with van der Waals surface area (Å²) in [6.45, 7) is 5.20. The smallest absolute Gasteiger partial charge is 0.119 e. The van der Waals surface area contributed by atoms with Crippen LogP contribution in [0.2, 0.25) is 0 Å². The van der Waals surface area contributed by atoms with Gasteiger partial charge >= 0.3 is 0 Å². The van der Waals surface area contributed by atoms with Crippen molar-refractivity contribution in [1.29, 1.82) is 0 Å². The quantitative estimate of drug-likeness (QED) is 0.605. The maximum absolute atomic E-state index is 8.98. The van der Waals surface area contributed by atoms with Gasteiger partial charge in [-0.05, 0) is 50.4 Å². The van der Waals surface area contributed by atoms with Crippen LogP contribution < -0.4 is 10.1 Å². The summed E-state index contributed by atoms with van der Waals surface area (Å²) in [4.78, 5) is 0. The van der Waals surface area contributed by atoms with Crippen LogP contribution in [0.5, 0.6) is 5.75 Å². The van der Waals surface area contributed by atoms with E-state index in [-0.39, 0.29) is 0 Å². The molecular weight excluding hydrogens is 238 g/mol. The first kappa shape index (κ1) is 16.0. The van der Waals surface area contributed by atoms with Gasteiger partial charge in [-0.3, -0.25) is 0 Å². The SMILES string of the molecule is CCCC(CCO)CNCCCOc1ccccc1. The normalized spacial score (nSPS) is 12.3. The van der Waals surface area contributed by atoms with Crippen molar-refractivity contribution in [2.75, 3.05) is 26.3 Å². The lowest BCUT2D eigenvalue weighted by atomic mass is 10.0. The van der Waals surface area contributed by atoms with Crippen LogP contribution >= 0.6 is 0 Å². The molecule has 1 unspecified atom stereocenters. The third-order valence-electron chi connectivity index (χ3n) is 3.18. The molecule has 108 valence electrons. The fourth-order valence-corrected chi connectivity index (χ4v) is 2.15. The molecule has 19 heavy (non-hydrogen) atoms. The van der Waals surface area contributed by atoms with E-state index in [1.165, 1.54) is 12.8 Å². The highest BCUT2D eigenvalue weighted by molar-refractivity contribution is 5.20. The Morgan fingerprint density at radius 1 is 1.21 bits per heavy atom. The Hall–Kier alpha value is -1.06. The van der Waals surface area contributed by atoms with Crippen LogP contribution in [0.25, 0.3) is 0 Å². The molecule has 0 heterocycles. The average Bonchev–Trinajstić information content (AvgIpc) is 2.44. The number of hydrogen-bond donors (Lipinski definition) is 2. The summed E-state index contributed by atoms with van der Waals surface area (Å²) in [7, 11) is 0. The summed E-state index contributed by atoms with van der Waals surface area (Å²) in [5.41, 5.74) is 0. The fourth-order valence-electron chi connectivity index (χ4n) is 2.15. The van der Waals surface area contributed by atoms with E-state index in [9.17, 15) is 0 Å². The maximum atomic E-state index is 8.98. The summed E-state index contributed by atoms with van der Waals surface area (Å²) >= 11 is 0. The van der Waals surface area contributed by atoms with Gasteiger partial charge in [0.25, 0.3) is 0 Å². The number of hydrogen-bond acceptors (Lipinski definition) is 3. The molecule has 3 nitrogen and oxygen atoms in total. The van der Waals surface area contributed by atoms with Crippen molar-refractivity contribution in [3.8, 4) is 5.75 Å². The molecule has 0 fully saturated rings. The Morgan fingerprint density at radius 3 is 2.68 bits per heavy atom. The summed E-state index contributed by atoms with van der Waals surface area (Å²) in [5, 5.41) is 12.4. The van der Waals surface area contributed by atoms with Crippen molar-refractivity contribution < 1.29 is 9.84 Å². The zero-order chi connectivity index (χ0) is 13.8. The number of rotatable bonds is 11. The van der Waals surface area contributed by atoms with Gasteiger partial charge in [-0.1, -0.05) is 31.5 Å². The van der Waals surface area contributed by atoms with E-state index in [0.717, 1.165) is 38.3 Å². The molecule has 1 rings (SSSR count). The van der Waals surface area contributed by atoms with Crippen LogP contribution in [-0.4, -0.2) is 31.4 Å². The van der Waals surface area contributed by atoms with Gasteiger partial charge in [0.15, 0.2) is 0 Å². The maximum Gasteiger partial charge on any atom is 0.119 e. The lowest BCUT2D eigenvalue weighted by Gasteiger charge is -2.15. The van der Waals surface area contributed by atoms with E-state index in [1.807, 2.05) is 30.3 Å². The Morgan fingerprint density at radius 2 is 2.00 bits per heavy atom. The average molecular weight is 265 g/mol. The number of aliphatic hydroxyl groups excluding tert-OH is 1. The summed E-state index contributed by atoms with van der Waals surface area (Å²) in [5.74, 6) is 1.54. The van der Waals surface area contributed by atoms with Crippen molar-refractivity contribution in [2.45, 2.75) is 32.6 Å². The van der Waals surface area contributed by atoms with Gasteiger partial charge in [0.1, 0.15) is 5.75 Å². The minimum Gasteiger partial charge on any atom is -0.494 e. The topological polar surface area (TPSA) is 41.5 Å². The Balaban J connectivity index is 2.01. The first-order valence-corrected chi connectivity index (χ1v) is 7.36. The number of benzene rings is 1. The van der Waals surface area contributed by atoms with E-state index < -0.39 is 0 Å². The van der Waals surface area contributed by atoms with Gasteiger partial charge in [0.2, 0.25) is 0 Å². The number of ether oxygens (including phenoxy) is 1. The van der Waals surface area contributed by atoms with Crippen LogP contribution in [0.1, 0.15) is 32.6 Å². The van der Waals surface area contributed by atoms with Gasteiger partial charge < -0.3 is 15.2 Å². The first-order chi connectivity index (χ1) is 9.36. The van der Waals surface area contributed by atoms with E-state index in [4.69, 9.17) is 9.84 Å². The molecule has 0 spiro atoms. The lowest BCUT2D eigenvalue weighted by Crippen LogP contribution is -2.25. The Labute approximate surface area is 117 Å². The van der Waals surface area contributed by atoms with E-state index in [2.05, 4.69) is 12.2 Å². The van der Waals surface area contributed by atoms with Crippen molar-refractivity contribution in [3.05, 3.63) is 30.3 Å². The monoisotopic (exact) mass is 265 g/mol. The third-order valence-corrected chi connectivity index (χ3v) is 3.18. The van der Waals surface area contributed by atoms with E-state index in [0.29, 0.717) is 12.5 Å². The molecule has 3 heteroatoms. The first-order valence-electron chi connectivity index (χ1n) is 7.36. The zero-order valence-corrected chi connectivity index (χ0v) is 12.0. The fraction of sp³-hybridized carbons (Fsp3) is 0.625. The highest BCUT2D eigenvalue weighted by Crippen LogP contribution is 2.10. The molecule has 0 saturated carbocycles. The predicted octanol–water partition coefficient (Wildman–Crippen LogP) is 2.84. The van der Waals surface area contributed by atoms with Crippen LogP contribution in [0, 0.1) is 5.92 Å². The molecule has 0 aromatic heterocycles. The van der Waals surface area contributed by atoms with Crippen LogP contribution in [0.15, 0.2) is 30.3 Å². The van der Waals surface area contributed by atoms with Gasteiger partial charge in [0, 0.05) is 6.61 Å². The van der Waals surface area contributed by atoms with E-state index in [1.54, 1.807) is 0 Å². The minimum absolute atomic E-state index is 0.295. The molecule has 1 atom stereocenters. The number of nitrogens with one attached hydrogen (secondary N) is 1. The second-order valence-electron chi connectivity index (χ2n) is 4.89. The molecule has 0 aliphatic heterocycles. The predicted molar refractivity (Wildman–Crippen MR) is 79.5 cm³/mol. The van der Waals surface area contributed by atoms with Gasteiger partial charge in [-0.2, -0.15) is 0 Å². The molecule has 0 radical (unpaired) electrons. The van der Waals surface area contributed by atoms with Crippen molar-refractivity contribution in [1.82, 2.24) is 5.32 Å². The molecule has 0 bridgehead atoms. The number of aliphatic hydroxyl groups is 1. The lowest BCUT2D eigenvalue weighted by molar-refractivity contribution is 0.246. The molecule has 2 N–H and O–H groups in total. The highest BCUT2D eigenvalue weighted by atomic mass is 16.5. The Kier molecular flexibility index (Phi) is 9.11. The molecule has 0 aliphatic rings. The molecule has 1 aromatic rings. The summed E-state index contributed by atoms with van der Waals surface area (Å²) in [6.07, 6.45) is 4.28. The van der Waals surface area contributed by atoms with Crippen LogP contribution in [-0.2, 0) is 0 Å². The zero-order valence-electron chi connectivity index (χ0n) is 12.0. The largest absolute Gasteiger partial charge is 0.494 e. The van der Waals surface area contributed by atoms with E-state index >= 15 is 0 Å². The van der Waals surface area contributed by atoms with Gasteiger partial charge in [0.05, 0.1) is 6.61 Å². The van der Waals surface area contributed by atoms with Gasteiger partial charge in [-0.25, -0.2) is 0 Å². The van der Waals surface area contributed by atoms with Crippen LogP contribution in [0.3, 0.4) is 0 Å². The van der Waals surface area contributed by atoms with Crippen molar-refractivity contribution in [3.63, 3.8) is 0 Å². The Bertz CT molecular complexity index is 297. The molecular formula is C16H27NO2. The minimum atomic E-state index is 0.295. The number of para-hydroxylation sites is 1. The second-order valence-corrected chi connectivity index (χ2v) is 4.89. The van der Waals surface area contributed by atoms with Crippen LogP contribution in [0.4, 0.5) is 0 Å². The molecule has 0 amide bonds. The molecule has 0 aliphatic carbocycles. The standard InChI is InChI=1S/C16H27NO2/c1-2-7-15(10-12-18)14-17-11-6-13-19-16-8-4-3-5-9-16/h3-5,8-9,15,17-18H,2,6-7,10-14H2,1H3. The van der Waals surface area contributed by atoms with Crippen molar-refractivity contribution >= 4 is 0 Å². The van der Waals surface area contributed by atoms with Gasteiger partial charge in [-0.15, -0.1) is 0 Å². The third kappa shape index (κ3) is 7.85. The molecule has 1 aromatic carbocycles. The second kappa shape index (κ2) is 10.8.